The Balaban J connectivity index is 2.05. The molecule has 0 N–H and O–H groups in total. The zero-order valence-corrected chi connectivity index (χ0v) is 13.5. The van der Waals surface area contributed by atoms with E-state index in [2.05, 4.69) is 28.7 Å². The molecule has 2 aromatic heterocycles. The van der Waals surface area contributed by atoms with Crippen LogP contribution < -0.4 is 0 Å². The molecule has 2 aromatic rings. The van der Waals surface area contributed by atoms with E-state index in [9.17, 15) is 0 Å². The molecule has 7 heteroatoms. The number of fused-ring (bicyclic) bond motifs is 1. The summed E-state index contributed by atoms with van der Waals surface area (Å²) in [5, 5.41) is 1.31. The van der Waals surface area contributed by atoms with Gasteiger partial charge in [0.05, 0.1) is 12.0 Å². The fraction of sp³-hybridized carbons (Fsp3) is 0.500. The zero-order chi connectivity index (χ0) is 14.0. The molecule has 2 heterocycles. The summed E-state index contributed by atoms with van der Waals surface area (Å²) in [5.41, 5.74) is 0.702. The molecular weight excluding hydrogens is 305 g/mol. The SMILES string of the molecule is CS(C)(C)CCOCn1ccc2c(Cl)nc(Cl)nc21. The first-order valence-corrected chi connectivity index (χ1v) is 9.57. The number of aromatic nitrogens is 3. The minimum absolute atomic E-state index is 0.150. The van der Waals surface area contributed by atoms with Crippen molar-refractivity contribution in [2.45, 2.75) is 6.73 Å². The summed E-state index contributed by atoms with van der Waals surface area (Å²) in [5.74, 6) is 1.09. The summed E-state index contributed by atoms with van der Waals surface area (Å²) < 4.78 is 7.56. The van der Waals surface area contributed by atoms with Crippen LogP contribution in [0.5, 0.6) is 0 Å². The molecule has 0 bridgehead atoms. The average Bonchev–Trinajstić information content (AvgIpc) is 2.66. The fourth-order valence-electron chi connectivity index (χ4n) is 1.58. The summed E-state index contributed by atoms with van der Waals surface area (Å²) in [7, 11) is -0.523. The van der Waals surface area contributed by atoms with Gasteiger partial charge in [-0.05, 0) is 36.4 Å². The Morgan fingerprint density at radius 3 is 2.68 bits per heavy atom. The summed E-state index contributed by atoms with van der Waals surface area (Å²) in [6.45, 7) is 1.19. The van der Waals surface area contributed by atoms with Crippen molar-refractivity contribution in [3.8, 4) is 0 Å². The quantitative estimate of drug-likeness (QED) is 0.481. The van der Waals surface area contributed by atoms with Gasteiger partial charge in [0.2, 0.25) is 5.28 Å². The van der Waals surface area contributed by atoms with Crippen LogP contribution in [0.25, 0.3) is 11.0 Å². The van der Waals surface area contributed by atoms with Crippen molar-refractivity contribution in [1.82, 2.24) is 14.5 Å². The number of halogens is 2. The molecule has 0 aliphatic carbocycles. The van der Waals surface area contributed by atoms with Gasteiger partial charge >= 0.3 is 0 Å². The first kappa shape index (κ1) is 14.9. The van der Waals surface area contributed by atoms with Crippen LogP contribution in [-0.4, -0.2) is 45.7 Å². The predicted octanol–water partition coefficient (Wildman–Crippen LogP) is 3.41. The standard InChI is InChI=1S/C12H17Cl2N3OS/c1-19(2,3)7-6-18-8-17-5-4-9-10(13)15-12(14)16-11(9)17/h4-5H,6-8H2,1-3H3. The van der Waals surface area contributed by atoms with E-state index in [0.29, 0.717) is 17.5 Å². The van der Waals surface area contributed by atoms with E-state index in [1.807, 2.05) is 16.8 Å². The number of hydrogen-bond acceptors (Lipinski definition) is 3. The lowest BCUT2D eigenvalue weighted by molar-refractivity contribution is 0.0923. The lowest BCUT2D eigenvalue weighted by Crippen LogP contribution is -2.09. The van der Waals surface area contributed by atoms with Crippen molar-refractivity contribution < 1.29 is 4.74 Å². The summed E-state index contributed by atoms with van der Waals surface area (Å²) in [4.78, 5) is 8.09. The van der Waals surface area contributed by atoms with Gasteiger partial charge in [-0.2, -0.15) is 4.98 Å². The van der Waals surface area contributed by atoms with E-state index >= 15 is 0 Å². The topological polar surface area (TPSA) is 39.9 Å². The second-order valence-electron chi connectivity index (χ2n) is 5.14. The normalized spacial score (nSPS) is 13.1. The number of ether oxygens (including phenoxy) is 1. The number of nitrogens with zero attached hydrogens (tertiary/aromatic N) is 3. The van der Waals surface area contributed by atoms with Gasteiger partial charge in [0.15, 0.2) is 0 Å². The van der Waals surface area contributed by atoms with Gasteiger partial charge in [-0.3, -0.25) is 0 Å². The highest BCUT2D eigenvalue weighted by atomic mass is 35.5. The molecule has 0 aliphatic heterocycles. The molecule has 0 unspecified atom stereocenters. The molecule has 0 spiro atoms. The minimum atomic E-state index is -0.523. The molecule has 4 nitrogen and oxygen atoms in total. The van der Waals surface area contributed by atoms with Crippen LogP contribution in [-0.2, 0) is 11.5 Å². The van der Waals surface area contributed by atoms with Crippen LogP contribution in [0, 0.1) is 0 Å². The van der Waals surface area contributed by atoms with Gasteiger partial charge in [-0.25, -0.2) is 15.0 Å². The third kappa shape index (κ3) is 3.99. The molecule has 0 saturated carbocycles. The molecule has 0 aromatic carbocycles. The number of hydrogen-bond donors (Lipinski definition) is 0. The lowest BCUT2D eigenvalue weighted by atomic mass is 10.4. The van der Waals surface area contributed by atoms with Gasteiger partial charge in [0.1, 0.15) is 17.5 Å². The Labute approximate surface area is 124 Å². The average molecular weight is 322 g/mol. The molecule has 0 radical (unpaired) electrons. The van der Waals surface area contributed by atoms with Gasteiger partial charge in [-0.15, -0.1) is 0 Å². The highest BCUT2D eigenvalue weighted by molar-refractivity contribution is 8.32. The van der Waals surface area contributed by atoms with Crippen molar-refractivity contribution in [1.29, 1.82) is 0 Å². The predicted molar refractivity (Wildman–Crippen MR) is 83.7 cm³/mol. The summed E-state index contributed by atoms with van der Waals surface area (Å²) >= 11 is 11.8. The maximum absolute atomic E-state index is 6.01. The third-order valence-corrected chi connectivity index (χ3v) is 4.46. The molecule has 19 heavy (non-hydrogen) atoms. The number of rotatable bonds is 5. The third-order valence-electron chi connectivity index (χ3n) is 2.62. The van der Waals surface area contributed by atoms with Crippen LogP contribution in [0.1, 0.15) is 0 Å². The molecule has 2 rings (SSSR count). The van der Waals surface area contributed by atoms with Gasteiger partial charge in [0.25, 0.3) is 0 Å². The molecule has 0 fully saturated rings. The smallest absolute Gasteiger partial charge is 0.225 e. The van der Waals surface area contributed by atoms with Crippen molar-refractivity contribution in [2.75, 3.05) is 31.1 Å². The first-order chi connectivity index (χ1) is 8.87. The van der Waals surface area contributed by atoms with Crippen LogP contribution >= 0.6 is 33.2 Å². The van der Waals surface area contributed by atoms with Crippen molar-refractivity contribution >= 4 is 44.3 Å². The lowest BCUT2D eigenvalue weighted by Gasteiger charge is -2.24. The van der Waals surface area contributed by atoms with E-state index in [1.165, 1.54) is 0 Å². The molecule has 106 valence electrons. The summed E-state index contributed by atoms with van der Waals surface area (Å²) in [6, 6.07) is 1.87. The molecule has 0 amide bonds. The van der Waals surface area contributed by atoms with E-state index in [0.717, 1.165) is 17.7 Å². The van der Waals surface area contributed by atoms with Crippen LogP contribution in [0.15, 0.2) is 12.3 Å². The summed E-state index contributed by atoms with van der Waals surface area (Å²) in [6.07, 6.45) is 8.70. The van der Waals surface area contributed by atoms with Crippen LogP contribution in [0.2, 0.25) is 10.4 Å². The van der Waals surface area contributed by atoms with Gasteiger partial charge in [-0.1, -0.05) is 11.6 Å². The van der Waals surface area contributed by atoms with Crippen molar-refractivity contribution in [3.63, 3.8) is 0 Å². The first-order valence-electron chi connectivity index (χ1n) is 5.78. The Kier molecular flexibility index (Phi) is 4.61. The maximum atomic E-state index is 6.01. The monoisotopic (exact) mass is 321 g/mol. The minimum Gasteiger partial charge on any atom is -0.360 e. The Bertz CT molecular complexity index is 580. The molecular formula is C12H17Cl2N3OS. The highest BCUT2D eigenvalue weighted by Crippen LogP contribution is 2.33. The maximum Gasteiger partial charge on any atom is 0.225 e. The van der Waals surface area contributed by atoms with Crippen molar-refractivity contribution in [3.05, 3.63) is 22.7 Å². The van der Waals surface area contributed by atoms with Crippen molar-refractivity contribution in [2.24, 2.45) is 0 Å². The molecule has 0 atom stereocenters. The van der Waals surface area contributed by atoms with E-state index < -0.39 is 10.0 Å². The fourth-order valence-corrected chi connectivity index (χ4v) is 2.63. The van der Waals surface area contributed by atoms with E-state index in [-0.39, 0.29) is 5.28 Å². The molecule has 0 aliphatic rings. The Hall–Kier alpha value is -0.490. The van der Waals surface area contributed by atoms with Gasteiger partial charge in [0, 0.05) is 11.9 Å². The second kappa shape index (κ2) is 5.87. The second-order valence-corrected chi connectivity index (χ2v) is 10.4. The van der Waals surface area contributed by atoms with Crippen LogP contribution in [0.3, 0.4) is 0 Å². The van der Waals surface area contributed by atoms with Gasteiger partial charge < -0.3 is 9.30 Å². The Morgan fingerprint density at radius 1 is 1.26 bits per heavy atom. The van der Waals surface area contributed by atoms with Crippen LogP contribution in [0.4, 0.5) is 0 Å². The zero-order valence-electron chi connectivity index (χ0n) is 11.2. The van der Waals surface area contributed by atoms with E-state index in [4.69, 9.17) is 27.9 Å². The highest BCUT2D eigenvalue weighted by Gasteiger charge is 2.09. The largest absolute Gasteiger partial charge is 0.360 e. The Morgan fingerprint density at radius 2 is 2.00 bits per heavy atom. The van der Waals surface area contributed by atoms with E-state index in [1.54, 1.807) is 0 Å². The molecule has 0 saturated heterocycles.